The van der Waals surface area contributed by atoms with E-state index in [0.717, 1.165) is 10.5 Å². The molecule has 2 N–H and O–H groups in total. The van der Waals surface area contributed by atoms with Crippen molar-refractivity contribution in [3.63, 3.8) is 0 Å². The summed E-state index contributed by atoms with van der Waals surface area (Å²) in [6.07, 6.45) is -1.19. The zero-order valence-electron chi connectivity index (χ0n) is 11.3. The molecule has 0 unspecified atom stereocenters. The molecule has 0 spiro atoms. The number of ether oxygens (including phenoxy) is 1. The van der Waals surface area contributed by atoms with Crippen LogP contribution < -0.4 is 5.73 Å². The second-order valence-corrected chi connectivity index (χ2v) is 5.58. The average Bonchev–Trinajstić information content (AvgIpc) is 2.33. The highest BCUT2D eigenvalue weighted by molar-refractivity contribution is 5.68. The molecule has 1 aromatic rings. The number of nitrogens with two attached hydrogens (primary N) is 1. The number of hydrogen-bond acceptors (Lipinski definition) is 3. The van der Waals surface area contributed by atoms with Gasteiger partial charge < -0.3 is 15.4 Å². The van der Waals surface area contributed by atoms with Crippen molar-refractivity contribution < 1.29 is 18.3 Å². The van der Waals surface area contributed by atoms with Gasteiger partial charge in [-0.3, -0.25) is 0 Å². The van der Waals surface area contributed by atoms with Gasteiger partial charge in [0.25, 0.3) is 5.92 Å². The van der Waals surface area contributed by atoms with Gasteiger partial charge in [-0.1, -0.05) is 30.3 Å². The smallest absolute Gasteiger partial charge is 0.410 e. The molecule has 0 bridgehead atoms. The molecule has 4 nitrogen and oxygen atoms in total. The molecule has 20 heavy (non-hydrogen) atoms. The number of benzene rings is 1. The van der Waals surface area contributed by atoms with Gasteiger partial charge in [0.15, 0.2) is 0 Å². The van der Waals surface area contributed by atoms with Crippen LogP contribution in [0.5, 0.6) is 0 Å². The van der Waals surface area contributed by atoms with Crippen LogP contribution in [0.3, 0.4) is 0 Å². The average molecular weight is 284 g/mol. The molecule has 1 amide bonds. The number of carbonyl (C=O) groups excluding carboxylic acids is 1. The van der Waals surface area contributed by atoms with Crippen LogP contribution in [0, 0.1) is 0 Å². The number of likely N-dealkylation sites (tertiary alicyclic amines) is 1. The van der Waals surface area contributed by atoms with E-state index < -0.39 is 30.5 Å². The van der Waals surface area contributed by atoms with Crippen LogP contribution in [-0.4, -0.2) is 35.5 Å². The first kappa shape index (κ1) is 14.7. The van der Waals surface area contributed by atoms with E-state index in [-0.39, 0.29) is 13.2 Å². The lowest BCUT2D eigenvalue weighted by Crippen LogP contribution is -2.60. The predicted octanol–water partition coefficient (Wildman–Crippen LogP) is 2.38. The van der Waals surface area contributed by atoms with Crippen molar-refractivity contribution in [2.24, 2.45) is 5.73 Å². The van der Waals surface area contributed by atoms with Gasteiger partial charge in [-0.15, -0.1) is 0 Å². The van der Waals surface area contributed by atoms with Gasteiger partial charge in [0.2, 0.25) is 0 Å². The summed E-state index contributed by atoms with van der Waals surface area (Å²) < 4.78 is 32.1. The van der Waals surface area contributed by atoms with Crippen molar-refractivity contribution in [3.05, 3.63) is 35.9 Å². The van der Waals surface area contributed by atoms with Crippen molar-refractivity contribution in [1.29, 1.82) is 0 Å². The summed E-state index contributed by atoms with van der Waals surface area (Å²) in [5, 5.41) is 0. The second-order valence-electron chi connectivity index (χ2n) is 5.58. The van der Waals surface area contributed by atoms with Crippen LogP contribution in [0.4, 0.5) is 13.6 Å². The summed E-state index contributed by atoms with van der Waals surface area (Å²) in [4.78, 5) is 12.8. The molecule has 1 atom stereocenters. The maximum Gasteiger partial charge on any atom is 0.410 e. The Morgan fingerprint density at radius 1 is 1.35 bits per heavy atom. The summed E-state index contributed by atoms with van der Waals surface area (Å²) >= 11 is 0. The second kappa shape index (κ2) is 5.36. The highest BCUT2D eigenvalue weighted by Crippen LogP contribution is 2.31. The van der Waals surface area contributed by atoms with E-state index in [1.165, 1.54) is 6.92 Å². The molecule has 0 aliphatic carbocycles. The largest absolute Gasteiger partial charge is 0.445 e. The number of piperidine rings is 1. The molecule has 1 heterocycles. The van der Waals surface area contributed by atoms with Gasteiger partial charge in [-0.2, -0.15) is 0 Å². The van der Waals surface area contributed by atoms with Crippen molar-refractivity contribution >= 4 is 6.09 Å². The molecule has 1 aliphatic rings. The van der Waals surface area contributed by atoms with Crippen LogP contribution in [0.2, 0.25) is 0 Å². The monoisotopic (exact) mass is 284 g/mol. The maximum atomic E-state index is 13.5. The molecule has 1 fully saturated rings. The number of nitrogens with zero attached hydrogens (tertiary/aromatic N) is 1. The lowest BCUT2D eigenvalue weighted by molar-refractivity contribution is -0.0838. The standard InChI is InChI=1S/C14H18F2N2O2/c1-13(17)8-14(15,16)10-18(9-13)12(19)20-7-11-5-3-2-4-6-11/h2-6H,7-10,17H2,1H3/t13-/m0/s1. The fourth-order valence-corrected chi connectivity index (χ4v) is 2.41. The van der Waals surface area contributed by atoms with E-state index >= 15 is 0 Å². The molecule has 0 radical (unpaired) electrons. The van der Waals surface area contributed by atoms with E-state index in [1.807, 2.05) is 18.2 Å². The zero-order valence-corrected chi connectivity index (χ0v) is 11.3. The summed E-state index contributed by atoms with van der Waals surface area (Å²) in [5.41, 5.74) is 5.46. The summed E-state index contributed by atoms with van der Waals surface area (Å²) in [5.74, 6) is -2.98. The van der Waals surface area contributed by atoms with Gasteiger partial charge in [-0.05, 0) is 12.5 Å². The molecular weight excluding hydrogens is 266 g/mol. The van der Waals surface area contributed by atoms with Crippen molar-refractivity contribution in [1.82, 2.24) is 4.90 Å². The van der Waals surface area contributed by atoms with Gasteiger partial charge >= 0.3 is 6.09 Å². The van der Waals surface area contributed by atoms with E-state index in [0.29, 0.717) is 0 Å². The van der Waals surface area contributed by atoms with E-state index in [9.17, 15) is 13.6 Å². The Labute approximate surface area is 116 Å². The molecule has 1 aliphatic heterocycles. The topological polar surface area (TPSA) is 55.6 Å². The highest BCUT2D eigenvalue weighted by atomic mass is 19.3. The fourth-order valence-electron chi connectivity index (χ4n) is 2.41. The third-order valence-electron chi connectivity index (χ3n) is 3.10. The number of carbonyl (C=O) groups is 1. The van der Waals surface area contributed by atoms with Crippen molar-refractivity contribution in [3.8, 4) is 0 Å². The Kier molecular flexibility index (Phi) is 3.94. The lowest BCUT2D eigenvalue weighted by Gasteiger charge is -2.41. The van der Waals surface area contributed by atoms with Gasteiger partial charge in [0.05, 0.1) is 6.54 Å². The molecule has 1 aromatic carbocycles. The first-order valence-corrected chi connectivity index (χ1v) is 6.40. The van der Waals surface area contributed by atoms with Crippen LogP contribution in [0.15, 0.2) is 30.3 Å². The third kappa shape index (κ3) is 3.90. The van der Waals surface area contributed by atoms with E-state index in [4.69, 9.17) is 10.5 Å². The highest BCUT2D eigenvalue weighted by Gasteiger charge is 2.46. The SMILES string of the molecule is C[C@@]1(N)CN(C(=O)OCc2ccccc2)CC(F)(F)C1. The molecule has 0 aromatic heterocycles. The third-order valence-corrected chi connectivity index (χ3v) is 3.10. The maximum absolute atomic E-state index is 13.5. The van der Waals surface area contributed by atoms with Crippen LogP contribution in [-0.2, 0) is 11.3 Å². The minimum Gasteiger partial charge on any atom is -0.445 e. The van der Waals surface area contributed by atoms with Crippen LogP contribution >= 0.6 is 0 Å². The molecule has 1 saturated heterocycles. The number of halogens is 2. The predicted molar refractivity (Wildman–Crippen MR) is 70.4 cm³/mol. The Hall–Kier alpha value is -1.69. The Morgan fingerprint density at radius 2 is 2.00 bits per heavy atom. The van der Waals surface area contributed by atoms with Crippen molar-refractivity contribution in [2.75, 3.05) is 13.1 Å². The quantitative estimate of drug-likeness (QED) is 0.907. The molecule has 6 heteroatoms. The lowest BCUT2D eigenvalue weighted by atomic mass is 9.90. The van der Waals surface area contributed by atoms with E-state index in [2.05, 4.69) is 0 Å². The Bertz CT molecular complexity index is 461. The number of hydrogen-bond donors (Lipinski definition) is 1. The minimum absolute atomic E-state index is 0.0586. The first-order valence-electron chi connectivity index (χ1n) is 6.40. The van der Waals surface area contributed by atoms with Gasteiger partial charge in [0.1, 0.15) is 6.61 Å². The Balaban J connectivity index is 1.95. The van der Waals surface area contributed by atoms with Gasteiger partial charge in [0, 0.05) is 18.5 Å². The van der Waals surface area contributed by atoms with E-state index in [1.54, 1.807) is 12.1 Å². The molecule has 110 valence electrons. The Morgan fingerprint density at radius 3 is 2.60 bits per heavy atom. The van der Waals surface area contributed by atoms with Gasteiger partial charge in [-0.25, -0.2) is 13.6 Å². The summed E-state index contributed by atoms with van der Waals surface area (Å²) in [6.45, 7) is 0.990. The number of rotatable bonds is 2. The summed E-state index contributed by atoms with van der Waals surface area (Å²) in [7, 11) is 0. The molecular formula is C14H18F2N2O2. The zero-order chi connectivity index (χ0) is 14.8. The van der Waals surface area contributed by atoms with Crippen molar-refractivity contribution in [2.45, 2.75) is 31.4 Å². The molecule has 2 rings (SSSR count). The normalized spacial score (nSPS) is 25.3. The minimum atomic E-state index is -2.98. The molecule has 0 saturated carbocycles. The fraction of sp³-hybridized carbons (Fsp3) is 0.500. The number of amides is 1. The first-order chi connectivity index (χ1) is 9.27. The van der Waals surface area contributed by atoms with Crippen LogP contribution in [0.25, 0.3) is 0 Å². The van der Waals surface area contributed by atoms with Crippen LogP contribution in [0.1, 0.15) is 18.9 Å². The summed E-state index contributed by atoms with van der Waals surface area (Å²) in [6, 6.07) is 9.07. The number of alkyl halides is 2.